The molecule has 1 saturated carbocycles. The number of aromatic nitrogens is 1. The van der Waals surface area contributed by atoms with Crippen molar-refractivity contribution in [2.75, 3.05) is 13.1 Å². The van der Waals surface area contributed by atoms with Crippen molar-refractivity contribution in [2.24, 2.45) is 5.92 Å². The monoisotopic (exact) mass is 329 g/mol. The highest BCUT2D eigenvalue weighted by Crippen LogP contribution is 2.23. The maximum absolute atomic E-state index is 11.9. The fourth-order valence-corrected chi connectivity index (χ4v) is 3.57. The molecule has 1 heterocycles. The molecule has 2 amide bonds. The molecule has 2 atom stereocenters. The van der Waals surface area contributed by atoms with Crippen LogP contribution in [0.5, 0.6) is 0 Å². The Morgan fingerprint density at radius 3 is 3.04 bits per heavy atom. The van der Waals surface area contributed by atoms with Crippen molar-refractivity contribution < 1.29 is 9.90 Å². The van der Waals surface area contributed by atoms with Gasteiger partial charge in [-0.1, -0.05) is 18.6 Å². The van der Waals surface area contributed by atoms with E-state index in [0.717, 1.165) is 37.6 Å². The van der Waals surface area contributed by atoms with Gasteiger partial charge < -0.3 is 20.7 Å². The Hall–Kier alpha value is -2.01. The van der Waals surface area contributed by atoms with E-state index in [1.54, 1.807) is 0 Å². The first-order valence-corrected chi connectivity index (χ1v) is 8.88. The number of carbonyl (C=O) groups is 1. The van der Waals surface area contributed by atoms with Crippen LogP contribution in [0.1, 0.15) is 36.8 Å². The molecule has 24 heavy (non-hydrogen) atoms. The third kappa shape index (κ3) is 4.29. The normalized spacial score (nSPS) is 20.9. The van der Waals surface area contributed by atoms with Crippen LogP contribution in [0.4, 0.5) is 4.79 Å². The van der Waals surface area contributed by atoms with Crippen LogP contribution in [0.3, 0.4) is 0 Å². The lowest BCUT2D eigenvalue weighted by molar-refractivity contribution is 0.101. The zero-order chi connectivity index (χ0) is 16.9. The molecule has 4 N–H and O–H groups in total. The lowest BCUT2D eigenvalue weighted by atomic mass is 9.87. The van der Waals surface area contributed by atoms with E-state index < -0.39 is 0 Å². The van der Waals surface area contributed by atoms with E-state index >= 15 is 0 Å². The molecule has 1 aliphatic carbocycles. The van der Waals surface area contributed by atoms with Gasteiger partial charge in [0.05, 0.1) is 6.10 Å². The van der Waals surface area contributed by atoms with Crippen LogP contribution in [0, 0.1) is 12.8 Å². The van der Waals surface area contributed by atoms with Crippen molar-refractivity contribution in [1.29, 1.82) is 0 Å². The van der Waals surface area contributed by atoms with Crippen LogP contribution in [-0.4, -0.2) is 35.3 Å². The number of aliphatic hydroxyl groups is 1. The average Bonchev–Trinajstić information content (AvgIpc) is 2.95. The molecule has 1 fully saturated rings. The highest BCUT2D eigenvalue weighted by molar-refractivity contribution is 5.83. The second-order valence-corrected chi connectivity index (χ2v) is 6.94. The molecule has 130 valence electrons. The van der Waals surface area contributed by atoms with E-state index in [1.807, 2.05) is 6.20 Å². The van der Waals surface area contributed by atoms with Gasteiger partial charge in [0.2, 0.25) is 0 Å². The minimum atomic E-state index is -0.195. The number of fused-ring (bicyclic) bond motifs is 1. The minimum Gasteiger partial charge on any atom is -0.393 e. The summed E-state index contributed by atoms with van der Waals surface area (Å²) in [6, 6.07) is 6.26. The topological polar surface area (TPSA) is 77.2 Å². The molecule has 2 aromatic rings. The molecule has 1 aliphatic rings. The maximum Gasteiger partial charge on any atom is 0.314 e. The van der Waals surface area contributed by atoms with E-state index in [1.165, 1.54) is 16.5 Å². The number of urea groups is 1. The predicted molar refractivity (Wildman–Crippen MR) is 96.1 cm³/mol. The number of aliphatic hydroxyl groups excluding tert-OH is 1. The standard InChI is InChI=1S/C19H27N3O2/c1-13-5-6-17-15(12-21-18(17)9-13)7-8-20-19(24)22-11-14-3-2-4-16(23)10-14/h5-6,9,12,14,16,21,23H,2-4,7-8,10-11H2,1H3,(H2,20,22,24). The summed E-state index contributed by atoms with van der Waals surface area (Å²) >= 11 is 0. The number of aryl methyl sites for hydroxylation is 1. The zero-order valence-electron chi connectivity index (χ0n) is 14.3. The van der Waals surface area contributed by atoms with E-state index in [-0.39, 0.29) is 12.1 Å². The summed E-state index contributed by atoms with van der Waals surface area (Å²) in [5.41, 5.74) is 3.60. The molecule has 3 rings (SSSR count). The van der Waals surface area contributed by atoms with Gasteiger partial charge in [0, 0.05) is 30.2 Å². The number of rotatable bonds is 5. The van der Waals surface area contributed by atoms with E-state index in [4.69, 9.17) is 0 Å². The minimum absolute atomic E-state index is 0.120. The Kier molecular flexibility index (Phi) is 5.41. The van der Waals surface area contributed by atoms with Crippen molar-refractivity contribution in [3.05, 3.63) is 35.5 Å². The van der Waals surface area contributed by atoms with Gasteiger partial charge in [-0.15, -0.1) is 0 Å². The highest BCUT2D eigenvalue weighted by atomic mass is 16.3. The Labute approximate surface area is 142 Å². The molecule has 0 radical (unpaired) electrons. The lowest BCUT2D eigenvalue weighted by Crippen LogP contribution is -2.40. The number of amides is 2. The molecule has 0 bridgehead atoms. The second kappa shape index (κ2) is 7.71. The van der Waals surface area contributed by atoms with Crippen LogP contribution in [-0.2, 0) is 6.42 Å². The van der Waals surface area contributed by atoms with E-state index in [9.17, 15) is 9.90 Å². The highest BCUT2D eigenvalue weighted by Gasteiger charge is 2.20. The molecule has 0 saturated heterocycles. The van der Waals surface area contributed by atoms with Gasteiger partial charge in [0.1, 0.15) is 0 Å². The summed E-state index contributed by atoms with van der Waals surface area (Å²) in [6.45, 7) is 3.34. The molecule has 0 spiro atoms. The Bertz CT molecular complexity index is 695. The average molecular weight is 329 g/mol. The van der Waals surface area contributed by atoms with Gasteiger partial charge in [0.15, 0.2) is 0 Å². The van der Waals surface area contributed by atoms with E-state index in [0.29, 0.717) is 19.0 Å². The number of nitrogens with one attached hydrogen (secondary N) is 3. The quantitative estimate of drug-likeness (QED) is 0.681. The summed E-state index contributed by atoms with van der Waals surface area (Å²) < 4.78 is 0. The SMILES string of the molecule is Cc1ccc2c(CCNC(=O)NCC3CCCC(O)C3)c[nH]c2c1. The predicted octanol–water partition coefficient (Wildman–Crippen LogP) is 2.87. The number of hydrogen-bond acceptors (Lipinski definition) is 2. The summed E-state index contributed by atoms with van der Waals surface area (Å²) in [7, 11) is 0. The van der Waals surface area contributed by atoms with Crippen molar-refractivity contribution in [2.45, 2.75) is 45.1 Å². The molecule has 1 aromatic carbocycles. The molecular formula is C19H27N3O2. The molecular weight excluding hydrogens is 302 g/mol. The van der Waals surface area contributed by atoms with Crippen molar-refractivity contribution in [1.82, 2.24) is 15.6 Å². The van der Waals surface area contributed by atoms with Crippen LogP contribution in [0.2, 0.25) is 0 Å². The van der Waals surface area contributed by atoms with Crippen LogP contribution in [0.15, 0.2) is 24.4 Å². The molecule has 0 aliphatic heterocycles. The van der Waals surface area contributed by atoms with Crippen LogP contribution >= 0.6 is 0 Å². The van der Waals surface area contributed by atoms with Crippen molar-refractivity contribution >= 4 is 16.9 Å². The van der Waals surface area contributed by atoms with Gasteiger partial charge in [-0.05, 0) is 55.7 Å². The number of carbonyl (C=O) groups excluding carboxylic acids is 1. The first kappa shape index (κ1) is 16.8. The fourth-order valence-electron chi connectivity index (χ4n) is 3.57. The largest absolute Gasteiger partial charge is 0.393 e. The molecule has 1 aromatic heterocycles. The van der Waals surface area contributed by atoms with Gasteiger partial charge >= 0.3 is 6.03 Å². The van der Waals surface area contributed by atoms with E-state index in [2.05, 4.69) is 40.7 Å². The summed E-state index contributed by atoms with van der Waals surface area (Å²) in [5.74, 6) is 0.399. The maximum atomic E-state index is 11.9. The third-order valence-electron chi connectivity index (χ3n) is 4.91. The number of hydrogen-bond donors (Lipinski definition) is 4. The van der Waals surface area contributed by atoms with Gasteiger partial charge in [-0.3, -0.25) is 0 Å². The Morgan fingerprint density at radius 2 is 2.21 bits per heavy atom. The van der Waals surface area contributed by atoms with Crippen LogP contribution < -0.4 is 10.6 Å². The lowest BCUT2D eigenvalue weighted by Gasteiger charge is -2.25. The summed E-state index contributed by atoms with van der Waals surface area (Å²) in [5, 5.41) is 16.7. The smallest absolute Gasteiger partial charge is 0.314 e. The fraction of sp³-hybridized carbons (Fsp3) is 0.526. The first-order chi connectivity index (χ1) is 11.6. The third-order valence-corrected chi connectivity index (χ3v) is 4.91. The number of H-pyrrole nitrogens is 1. The van der Waals surface area contributed by atoms with Gasteiger partial charge in [-0.25, -0.2) is 4.79 Å². The number of aromatic amines is 1. The van der Waals surface area contributed by atoms with Crippen LogP contribution in [0.25, 0.3) is 10.9 Å². The molecule has 5 nitrogen and oxygen atoms in total. The van der Waals surface area contributed by atoms with Crippen molar-refractivity contribution in [3.8, 4) is 0 Å². The van der Waals surface area contributed by atoms with Gasteiger partial charge in [0.25, 0.3) is 0 Å². The van der Waals surface area contributed by atoms with Gasteiger partial charge in [-0.2, -0.15) is 0 Å². The first-order valence-electron chi connectivity index (χ1n) is 8.88. The number of benzene rings is 1. The molecule has 2 unspecified atom stereocenters. The Balaban J connectivity index is 1.41. The zero-order valence-corrected chi connectivity index (χ0v) is 14.3. The summed E-state index contributed by atoms with van der Waals surface area (Å²) in [4.78, 5) is 15.2. The summed E-state index contributed by atoms with van der Waals surface area (Å²) in [6.07, 6.45) is 6.47. The van der Waals surface area contributed by atoms with Crippen molar-refractivity contribution in [3.63, 3.8) is 0 Å². The second-order valence-electron chi connectivity index (χ2n) is 6.94. The Morgan fingerprint density at radius 1 is 1.33 bits per heavy atom. The molecule has 5 heteroatoms.